The molecular weight excluding hydrogens is 286 g/mol. The number of thioether (sulfide) groups is 1. The molecule has 0 unspecified atom stereocenters. The Hall–Kier alpha value is -1.53. The van der Waals surface area contributed by atoms with Crippen molar-refractivity contribution in [3.8, 4) is 0 Å². The maximum atomic E-state index is 11.9. The van der Waals surface area contributed by atoms with Crippen LogP contribution < -0.4 is 5.32 Å². The van der Waals surface area contributed by atoms with Gasteiger partial charge in [-0.25, -0.2) is 4.98 Å². The summed E-state index contributed by atoms with van der Waals surface area (Å²) >= 11 is 1.72. The van der Waals surface area contributed by atoms with E-state index < -0.39 is 0 Å². The van der Waals surface area contributed by atoms with Crippen molar-refractivity contribution < 1.29 is 9.53 Å². The molecule has 0 bridgehead atoms. The van der Waals surface area contributed by atoms with E-state index >= 15 is 0 Å². The van der Waals surface area contributed by atoms with Gasteiger partial charge in [-0.05, 0) is 24.3 Å². The fraction of sp³-hybridized carbons (Fsp3) is 0.467. The first-order valence-electron chi connectivity index (χ1n) is 7.08. The van der Waals surface area contributed by atoms with E-state index in [1.807, 2.05) is 22.9 Å². The third kappa shape index (κ3) is 4.22. The van der Waals surface area contributed by atoms with Gasteiger partial charge < -0.3 is 14.6 Å². The van der Waals surface area contributed by atoms with Gasteiger partial charge in [0.05, 0.1) is 5.52 Å². The van der Waals surface area contributed by atoms with Crippen LogP contribution in [-0.2, 0) is 16.1 Å². The van der Waals surface area contributed by atoms with Crippen LogP contribution in [0.4, 0.5) is 0 Å². The monoisotopic (exact) mass is 307 g/mol. The van der Waals surface area contributed by atoms with E-state index in [1.54, 1.807) is 25.1 Å². The molecule has 6 heteroatoms. The van der Waals surface area contributed by atoms with E-state index in [9.17, 15) is 4.79 Å². The predicted molar refractivity (Wildman–Crippen MR) is 85.6 cm³/mol. The number of hydrogen-bond acceptors (Lipinski definition) is 4. The first-order valence-corrected chi connectivity index (χ1v) is 8.07. The molecule has 1 amide bonds. The molecule has 5 nitrogen and oxygen atoms in total. The number of amides is 1. The average molecular weight is 307 g/mol. The third-order valence-corrected chi connectivity index (χ3v) is 3.99. The summed E-state index contributed by atoms with van der Waals surface area (Å²) in [6.07, 6.45) is 4.57. The van der Waals surface area contributed by atoms with Crippen molar-refractivity contribution in [2.24, 2.45) is 0 Å². The van der Waals surface area contributed by atoms with Crippen LogP contribution in [0.25, 0.3) is 10.9 Å². The molecular formula is C15H21N3O2S. The largest absolute Gasteiger partial charge is 0.385 e. The van der Waals surface area contributed by atoms with Crippen LogP contribution in [-0.4, -0.2) is 41.5 Å². The number of methoxy groups -OCH3 is 1. The van der Waals surface area contributed by atoms with E-state index in [4.69, 9.17) is 4.74 Å². The number of rotatable bonds is 8. The van der Waals surface area contributed by atoms with Crippen LogP contribution in [0, 0.1) is 0 Å². The molecule has 2 rings (SSSR count). The first kappa shape index (κ1) is 15.9. The molecule has 21 heavy (non-hydrogen) atoms. The van der Waals surface area contributed by atoms with Gasteiger partial charge in [-0.15, -0.1) is 11.8 Å². The summed E-state index contributed by atoms with van der Waals surface area (Å²) in [4.78, 5) is 16.3. The van der Waals surface area contributed by atoms with Crippen molar-refractivity contribution >= 4 is 28.6 Å². The maximum absolute atomic E-state index is 11.9. The Morgan fingerprint density at radius 1 is 1.48 bits per heavy atom. The Morgan fingerprint density at radius 3 is 3.10 bits per heavy atom. The number of nitrogens with one attached hydrogen (secondary N) is 1. The fourth-order valence-corrected chi connectivity index (χ4v) is 2.88. The van der Waals surface area contributed by atoms with Gasteiger partial charge in [0, 0.05) is 38.0 Å². The third-order valence-electron chi connectivity index (χ3n) is 3.10. The Labute approximate surface area is 129 Å². The average Bonchev–Trinajstić information content (AvgIpc) is 2.88. The molecule has 1 N–H and O–H groups in total. The van der Waals surface area contributed by atoms with Crippen molar-refractivity contribution in [2.75, 3.05) is 26.0 Å². The van der Waals surface area contributed by atoms with E-state index in [0.29, 0.717) is 19.7 Å². The van der Waals surface area contributed by atoms with Crippen molar-refractivity contribution in [3.63, 3.8) is 0 Å². The number of carbonyl (C=O) groups excluding carboxylic acids is 1. The summed E-state index contributed by atoms with van der Waals surface area (Å²) < 4.78 is 6.92. The lowest BCUT2D eigenvalue weighted by atomic mass is 10.3. The van der Waals surface area contributed by atoms with Crippen LogP contribution in [0.3, 0.4) is 0 Å². The van der Waals surface area contributed by atoms with Crippen LogP contribution in [0.5, 0.6) is 0 Å². The Morgan fingerprint density at radius 2 is 2.33 bits per heavy atom. The topological polar surface area (TPSA) is 56.2 Å². The Kier molecular flexibility index (Phi) is 6.07. The van der Waals surface area contributed by atoms with Crippen LogP contribution in [0.15, 0.2) is 29.6 Å². The van der Waals surface area contributed by atoms with Gasteiger partial charge in [0.15, 0.2) is 0 Å². The van der Waals surface area contributed by atoms with Gasteiger partial charge in [-0.3, -0.25) is 4.79 Å². The van der Waals surface area contributed by atoms with Crippen molar-refractivity contribution in [2.45, 2.75) is 24.9 Å². The number of nitrogens with zero attached hydrogens (tertiary/aromatic N) is 2. The highest BCUT2D eigenvalue weighted by atomic mass is 32.2. The van der Waals surface area contributed by atoms with Gasteiger partial charge in [-0.1, -0.05) is 6.92 Å². The highest BCUT2D eigenvalue weighted by molar-refractivity contribution is 7.99. The van der Waals surface area contributed by atoms with Crippen molar-refractivity contribution in [3.05, 3.63) is 24.5 Å². The summed E-state index contributed by atoms with van der Waals surface area (Å²) in [5.41, 5.74) is 1.05. The summed E-state index contributed by atoms with van der Waals surface area (Å²) in [5, 5.41) is 5.03. The zero-order valence-corrected chi connectivity index (χ0v) is 13.3. The minimum atomic E-state index is 0.0186. The smallest absolute Gasteiger partial charge is 0.239 e. The summed E-state index contributed by atoms with van der Waals surface area (Å²) in [7, 11) is 1.66. The molecule has 0 saturated carbocycles. The van der Waals surface area contributed by atoms with Gasteiger partial charge in [0.25, 0.3) is 0 Å². The Bertz CT molecular complexity index is 598. The zero-order chi connectivity index (χ0) is 15.1. The number of hydrogen-bond donors (Lipinski definition) is 1. The van der Waals surface area contributed by atoms with E-state index in [1.165, 1.54) is 0 Å². The molecule has 0 aromatic carbocycles. The molecule has 0 aliphatic rings. The number of carbonyl (C=O) groups is 1. The lowest BCUT2D eigenvalue weighted by molar-refractivity contribution is -0.121. The molecule has 0 aliphatic heterocycles. The summed E-state index contributed by atoms with van der Waals surface area (Å²) in [6.45, 7) is 3.74. The molecule has 2 heterocycles. The molecule has 0 spiro atoms. The summed E-state index contributed by atoms with van der Waals surface area (Å²) in [5.74, 6) is 1.00. The number of aromatic nitrogens is 2. The second-order valence-electron chi connectivity index (χ2n) is 4.62. The maximum Gasteiger partial charge on any atom is 0.239 e. The van der Waals surface area contributed by atoms with Crippen LogP contribution >= 0.6 is 11.8 Å². The van der Waals surface area contributed by atoms with Gasteiger partial charge in [-0.2, -0.15) is 0 Å². The normalized spacial score (nSPS) is 11.0. The van der Waals surface area contributed by atoms with E-state index in [2.05, 4.69) is 17.2 Å². The highest BCUT2D eigenvalue weighted by Crippen LogP contribution is 2.26. The molecule has 2 aromatic rings. The number of ether oxygens (including phenoxy) is 1. The van der Waals surface area contributed by atoms with Crippen molar-refractivity contribution in [1.82, 2.24) is 14.9 Å². The number of pyridine rings is 1. The summed E-state index contributed by atoms with van der Waals surface area (Å²) in [6, 6.07) is 3.98. The van der Waals surface area contributed by atoms with Gasteiger partial charge in [0.1, 0.15) is 11.6 Å². The quantitative estimate of drug-likeness (QED) is 0.600. The zero-order valence-electron chi connectivity index (χ0n) is 12.5. The van der Waals surface area contributed by atoms with E-state index in [-0.39, 0.29) is 5.91 Å². The number of fused-ring (bicyclic) bond motifs is 1. The lowest BCUT2D eigenvalue weighted by Gasteiger charge is -2.07. The molecule has 0 saturated heterocycles. The fourth-order valence-electron chi connectivity index (χ4n) is 2.14. The van der Waals surface area contributed by atoms with Crippen LogP contribution in [0.2, 0.25) is 0 Å². The van der Waals surface area contributed by atoms with Crippen LogP contribution in [0.1, 0.15) is 13.3 Å². The van der Waals surface area contributed by atoms with E-state index in [0.717, 1.165) is 28.1 Å². The molecule has 0 radical (unpaired) electrons. The second-order valence-corrected chi connectivity index (χ2v) is 5.87. The minimum Gasteiger partial charge on any atom is -0.385 e. The SMILES string of the molecule is CCSc1nccc2c1ccn2CC(=O)NCCCOC. The standard InChI is InChI=1S/C15H21N3O2S/c1-3-21-15-12-6-9-18(13(12)5-8-17-15)11-14(19)16-7-4-10-20-2/h5-6,8-9H,3-4,7,10-11H2,1-2H3,(H,16,19). The van der Waals surface area contributed by atoms with Gasteiger partial charge in [0.2, 0.25) is 5.91 Å². The van der Waals surface area contributed by atoms with Crippen molar-refractivity contribution in [1.29, 1.82) is 0 Å². The predicted octanol–water partition coefficient (Wildman–Crippen LogP) is 2.30. The lowest BCUT2D eigenvalue weighted by Crippen LogP contribution is -2.28. The molecule has 2 aromatic heterocycles. The highest BCUT2D eigenvalue weighted by Gasteiger charge is 2.09. The molecule has 0 aliphatic carbocycles. The molecule has 0 fully saturated rings. The minimum absolute atomic E-state index is 0.0186. The molecule has 114 valence electrons. The Balaban J connectivity index is 2.02. The second kappa shape index (κ2) is 8.05. The van der Waals surface area contributed by atoms with Gasteiger partial charge >= 0.3 is 0 Å². The molecule has 0 atom stereocenters. The first-order chi connectivity index (χ1) is 10.3.